The van der Waals surface area contributed by atoms with Crippen molar-refractivity contribution in [1.82, 2.24) is 20.0 Å². The quantitative estimate of drug-likeness (QED) is 0.713. The predicted molar refractivity (Wildman–Crippen MR) is 95.5 cm³/mol. The van der Waals surface area contributed by atoms with Gasteiger partial charge in [-0.25, -0.2) is 9.78 Å². The van der Waals surface area contributed by atoms with Crippen LogP contribution in [0, 0.1) is 0 Å². The Balaban J connectivity index is 2.00. The van der Waals surface area contributed by atoms with Crippen LogP contribution in [0.1, 0.15) is 41.4 Å². The summed E-state index contributed by atoms with van der Waals surface area (Å²) in [4.78, 5) is 23.6. The van der Waals surface area contributed by atoms with Crippen LogP contribution in [0.5, 0.6) is 0 Å². The normalized spacial score (nSPS) is 11.6. The first-order valence-electron chi connectivity index (χ1n) is 8.29. The third kappa shape index (κ3) is 3.95. The Morgan fingerprint density at radius 2 is 1.96 bits per heavy atom. The summed E-state index contributed by atoms with van der Waals surface area (Å²) in [5, 5.41) is 11.7. The first-order valence-corrected chi connectivity index (χ1v) is 8.29. The van der Waals surface area contributed by atoms with Crippen molar-refractivity contribution >= 4 is 11.6 Å². The van der Waals surface area contributed by atoms with Crippen LogP contribution < -0.4 is 10.9 Å². The van der Waals surface area contributed by atoms with Crippen LogP contribution in [-0.2, 0) is 6.18 Å². The molecule has 0 radical (unpaired) electrons. The molecular formula is C18H16F3N5O2. The number of nitrogens with one attached hydrogen (secondary N) is 2. The summed E-state index contributed by atoms with van der Waals surface area (Å²) in [6, 6.07) is 8.95. The SMILES string of the molecule is CC(C)c1cccc(NC(=O)c2cnn(-c3ccc(=O)[nH]n3)c2C(F)(F)F)c1. The van der Waals surface area contributed by atoms with Gasteiger partial charge in [-0.2, -0.15) is 23.4 Å². The van der Waals surface area contributed by atoms with E-state index in [1.165, 1.54) is 0 Å². The molecule has 3 rings (SSSR count). The van der Waals surface area contributed by atoms with E-state index in [0.29, 0.717) is 10.4 Å². The number of alkyl halides is 3. The van der Waals surface area contributed by atoms with Gasteiger partial charge in [0, 0.05) is 11.8 Å². The minimum atomic E-state index is -4.87. The Hall–Kier alpha value is -3.43. The van der Waals surface area contributed by atoms with E-state index in [9.17, 15) is 22.8 Å². The van der Waals surface area contributed by atoms with Crippen molar-refractivity contribution in [3.63, 3.8) is 0 Å². The number of carbonyl (C=O) groups excluding carboxylic acids is 1. The van der Waals surface area contributed by atoms with E-state index in [4.69, 9.17) is 0 Å². The molecule has 1 amide bonds. The number of nitrogens with zero attached hydrogens (tertiary/aromatic N) is 3. The van der Waals surface area contributed by atoms with Crippen molar-refractivity contribution in [2.45, 2.75) is 25.9 Å². The van der Waals surface area contributed by atoms with Crippen LogP contribution in [-0.4, -0.2) is 25.9 Å². The minimum absolute atomic E-state index is 0.191. The third-order valence-corrected chi connectivity index (χ3v) is 3.97. The third-order valence-electron chi connectivity index (χ3n) is 3.97. The fourth-order valence-corrected chi connectivity index (χ4v) is 2.59. The van der Waals surface area contributed by atoms with Gasteiger partial charge in [-0.1, -0.05) is 26.0 Å². The minimum Gasteiger partial charge on any atom is -0.322 e. The zero-order valence-electron chi connectivity index (χ0n) is 14.9. The molecule has 146 valence electrons. The van der Waals surface area contributed by atoms with Gasteiger partial charge in [0.25, 0.3) is 11.5 Å². The van der Waals surface area contributed by atoms with Crippen molar-refractivity contribution < 1.29 is 18.0 Å². The van der Waals surface area contributed by atoms with Gasteiger partial charge in [0.2, 0.25) is 0 Å². The van der Waals surface area contributed by atoms with E-state index < -0.39 is 28.9 Å². The molecule has 2 N–H and O–H groups in total. The molecule has 0 unspecified atom stereocenters. The molecule has 2 aromatic heterocycles. The fraction of sp³-hybridized carbons (Fsp3) is 0.222. The van der Waals surface area contributed by atoms with E-state index in [-0.39, 0.29) is 11.7 Å². The smallest absolute Gasteiger partial charge is 0.322 e. The topological polar surface area (TPSA) is 92.7 Å². The number of aromatic amines is 1. The largest absolute Gasteiger partial charge is 0.434 e. The summed E-state index contributed by atoms with van der Waals surface area (Å²) in [6.07, 6.45) is -4.06. The molecule has 0 bridgehead atoms. The Labute approximate surface area is 157 Å². The average Bonchev–Trinajstić information content (AvgIpc) is 3.08. The molecule has 0 spiro atoms. The average molecular weight is 391 g/mol. The predicted octanol–water partition coefficient (Wildman–Crippen LogP) is 3.35. The van der Waals surface area contributed by atoms with Gasteiger partial charge in [0.05, 0.1) is 11.8 Å². The molecular weight excluding hydrogens is 375 g/mol. The zero-order valence-corrected chi connectivity index (χ0v) is 14.9. The van der Waals surface area contributed by atoms with Crippen molar-refractivity contribution in [3.8, 4) is 5.82 Å². The molecule has 0 saturated carbocycles. The molecule has 0 aliphatic heterocycles. The molecule has 0 aliphatic carbocycles. The first-order chi connectivity index (χ1) is 13.2. The molecule has 3 aromatic rings. The number of amides is 1. The number of hydrogen-bond donors (Lipinski definition) is 2. The Bertz CT molecular complexity index is 1050. The highest BCUT2D eigenvalue weighted by Gasteiger charge is 2.41. The second-order valence-electron chi connectivity index (χ2n) is 6.33. The standard InChI is InChI=1S/C18H16F3N5O2/c1-10(2)11-4-3-5-12(8-11)23-17(28)13-9-22-26(16(13)18(19,20)21)14-6-7-15(27)25-24-14/h3-10H,1-2H3,(H,23,28)(H,25,27). The van der Waals surface area contributed by atoms with E-state index in [1.807, 2.05) is 25.0 Å². The maximum absolute atomic E-state index is 13.6. The van der Waals surface area contributed by atoms with Crippen LogP contribution in [0.4, 0.5) is 18.9 Å². The van der Waals surface area contributed by atoms with Gasteiger partial charge in [-0.05, 0) is 29.7 Å². The van der Waals surface area contributed by atoms with Gasteiger partial charge >= 0.3 is 6.18 Å². The van der Waals surface area contributed by atoms with Gasteiger partial charge in [0.1, 0.15) is 0 Å². The highest BCUT2D eigenvalue weighted by molar-refractivity contribution is 6.05. The number of halogens is 3. The number of carbonyl (C=O) groups is 1. The van der Waals surface area contributed by atoms with Crippen LogP contribution in [0.25, 0.3) is 5.82 Å². The van der Waals surface area contributed by atoms with E-state index in [2.05, 4.69) is 15.5 Å². The Kier molecular flexibility index (Phi) is 5.04. The van der Waals surface area contributed by atoms with Gasteiger partial charge in [0.15, 0.2) is 11.5 Å². The monoisotopic (exact) mass is 391 g/mol. The van der Waals surface area contributed by atoms with Crippen LogP contribution in [0.15, 0.2) is 47.4 Å². The van der Waals surface area contributed by atoms with E-state index >= 15 is 0 Å². The Morgan fingerprint density at radius 1 is 1.21 bits per heavy atom. The lowest BCUT2D eigenvalue weighted by Gasteiger charge is -2.13. The summed E-state index contributed by atoms with van der Waals surface area (Å²) in [5.41, 5.74) is -1.21. The number of hydrogen-bond acceptors (Lipinski definition) is 4. The lowest BCUT2D eigenvalue weighted by atomic mass is 10.0. The Morgan fingerprint density at radius 3 is 2.57 bits per heavy atom. The lowest BCUT2D eigenvalue weighted by Crippen LogP contribution is -2.21. The first kappa shape index (κ1) is 19.3. The highest BCUT2D eigenvalue weighted by atomic mass is 19.4. The maximum atomic E-state index is 13.6. The molecule has 28 heavy (non-hydrogen) atoms. The van der Waals surface area contributed by atoms with Crippen molar-refractivity contribution in [1.29, 1.82) is 0 Å². The van der Waals surface area contributed by atoms with Crippen LogP contribution >= 0.6 is 0 Å². The summed E-state index contributed by atoms with van der Waals surface area (Å²) in [5.74, 6) is -1.03. The van der Waals surface area contributed by atoms with E-state index in [0.717, 1.165) is 23.9 Å². The fourth-order valence-electron chi connectivity index (χ4n) is 2.59. The molecule has 10 heteroatoms. The second-order valence-corrected chi connectivity index (χ2v) is 6.33. The number of anilines is 1. The molecule has 0 atom stereocenters. The van der Waals surface area contributed by atoms with Gasteiger partial charge in [-0.15, -0.1) is 0 Å². The molecule has 1 aromatic carbocycles. The molecule has 2 heterocycles. The number of aromatic nitrogens is 4. The molecule has 0 aliphatic rings. The summed E-state index contributed by atoms with van der Waals surface area (Å²) in [7, 11) is 0. The maximum Gasteiger partial charge on any atom is 0.434 e. The van der Waals surface area contributed by atoms with Crippen LogP contribution in [0.2, 0.25) is 0 Å². The zero-order chi connectivity index (χ0) is 20.5. The summed E-state index contributed by atoms with van der Waals surface area (Å²) in [6.45, 7) is 3.92. The molecule has 0 saturated heterocycles. The number of rotatable bonds is 4. The lowest BCUT2D eigenvalue weighted by molar-refractivity contribution is -0.143. The van der Waals surface area contributed by atoms with Gasteiger partial charge in [-0.3, -0.25) is 9.59 Å². The summed E-state index contributed by atoms with van der Waals surface area (Å²) >= 11 is 0. The highest BCUT2D eigenvalue weighted by Crippen LogP contribution is 2.33. The van der Waals surface area contributed by atoms with Gasteiger partial charge < -0.3 is 5.32 Å². The number of H-pyrrole nitrogens is 1. The van der Waals surface area contributed by atoms with Crippen molar-refractivity contribution in [2.24, 2.45) is 0 Å². The molecule has 0 fully saturated rings. The summed E-state index contributed by atoms with van der Waals surface area (Å²) < 4.78 is 41.4. The number of benzene rings is 1. The van der Waals surface area contributed by atoms with E-state index in [1.54, 1.807) is 18.2 Å². The van der Waals surface area contributed by atoms with Crippen molar-refractivity contribution in [3.05, 3.63) is 69.8 Å². The van der Waals surface area contributed by atoms with Crippen LogP contribution in [0.3, 0.4) is 0 Å². The molecule has 7 nitrogen and oxygen atoms in total. The second kappa shape index (κ2) is 7.29. The van der Waals surface area contributed by atoms with Crippen molar-refractivity contribution in [2.75, 3.05) is 5.32 Å².